The fourth-order valence-electron chi connectivity index (χ4n) is 11.1. The lowest BCUT2D eigenvalue weighted by Crippen LogP contribution is -2.05. The molecule has 3 nitrogen and oxygen atoms in total. The number of rotatable bonds is 3. The van der Waals surface area contributed by atoms with Crippen LogP contribution in [0.15, 0.2) is 231 Å². The number of nitrogens with zero attached hydrogens (tertiary/aromatic N) is 3. The fraction of sp³-hybridized carbons (Fsp3) is 0.0154. The Kier molecular flexibility index (Phi) is 7.83. The average Bonchev–Trinajstić information content (AvgIpc) is 3.76. The zero-order valence-corrected chi connectivity index (χ0v) is 36.8. The Morgan fingerprint density at radius 1 is 0.324 bits per heavy atom. The minimum atomic E-state index is -2.45. The molecule has 0 unspecified atom stereocenters. The highest BCUT2D eigenvalue weighted by atomic mass is 15.2. The first-order valence-corrected chi connectivity index (χ1v) is 23.2. The largest absolute Gasteiger partial charge is 0.278 e. The van der Waals surface area contributed by atoms with Crippen LogP contribution in [0.4, 0.5) is 0 Å². The molecule has 12 aromatic rings. The Morgan fingerprint density at radius 3 is 1.13 bits per heavy atom. The normalized spacial score (nSPS) is 12.7. The summed E-state index contributed by atoms with van der Waals surface area (Å²) < 4.78 is 29.9. The molecule has 2 aliphatic carbocycles. The molecular formula is C65H41N3. The standard InChI is InChI=1S/C65H41N3/c1-40-43(41-33-35-54-49-21-5-4-19-47(49)45-17-2-3-18-46(45)48-20-6-8-24-52(48)59(54)37-41)29-16-30-44(40)42-34-36-55-60(38-42)53-25-9-7-22-50(53)51-23-10-11-28-58(51)64-61(55)39-66-65(67-64)68-62-31-14-12-26-56(62)57-27-13-15-32-63(57)68/h2-39H,1H3/i1D3. The maximum absolute atomic E-state index is 9.24. The molecule has 14 rings (SSSR count). The summed E-state index contributed by atoms with van der Waals surface area (Å²) in [5.74, 6) is 0.591. The highest BCUT2D eigenvalue weighted by Gasteiger charge is 2.27. The zero-order chi connectivity index (χ0) is 47.4. The van der Waals surface area contributed by atoms with Crippen LogP contribution in [0.1, 0.15) is 9.68 Å². The second-order valence-electron chi connectivity index (χ2n) is 17.8. The van der Waals surface area contributed by atoms with Gasteiger partial charge in [0, 0.05) is 32.2 Å². The molecule has 0 spiro atoms. The Bertz CT molecular complexity index is 4120. The van der Waals surface area contributed by atoms with E-state index in [2.05, 4.69) is 211 Å². The van der Waals surface area contributed by atoms with E-state index in [4.69, 9.17) is 9.97 Å². The zero-order valence-electron chi connectivity index (χ0n) is 39.8. The van der Waals surface area contributed by atoms with Crippen molar-refractivity contribution in [2.45, 2.75) is 6.85 Å². The molecule has 0 fully saturated rings. The summed E-state index contributed by atoms with van der Waals surface area (Å²) in [6.07, 6.45) is 1.97. The smallest absolute Gasteiger partial charge is 0.235 e. The van der Waals surface area contributed by atoms with Gasteiger partial charge in [-0.25, -0.2) is 9.97 Å². The lowest BCUT2D eigenvalue weighted by molar-refractivity contribution is 0.993. The first-order valence-electron chi connectivity index (χ1n) is 24.7. The van der Waals surface area contributed by atoms with Crippen LogP contribution in [-0.2, 0) is 0 Å². The molecular weight excluding hydrogens is 823 g/mol. The molecule has 0 aliphatic heterocycles. The van der Waals surface area contributed by atoms with Crippen LogP contribution in [0, 0.1) is 6.85 Å². The molecule has 316 valence electrons. The topological polar surface area (TPSA) is 30.7 Å². The molecule has 3 heteroatoms. The summed E-state index contributed by atoms with van der Waals surface area (Å²) in [4.78, 5) is 10.7. The van der Waals surface area contributed by atoms with E-state index in [1.54, 1.807) is 0 Å². The molecule has 0 atom stereocenters. The van der Waals surface area contributed by atoms with Gasteiger partial charge >= 0.3 is 0 Å². The molecule has 68 heavy (non-hydrogen) atoms. The molecule has 0 N–H and O–H groups in total. The first kappa shape index (κ1) is 35.4. The quantitative estimate of drug-likeness (QED) is 0.177. The fourth-order valence-corrected chi connectivity index (χ4v) is 11.1. The molecule has 0 radical (unpaired) electrons. The lowest BCUT2D eigenvalue weighted by Gasteiger charge is -2.24. The van der Waals surface area contributed by atoms with E-state index in [1.165, 1.54) is 16.7 Å². The Morgan fingerprint density at radius 2 is 0.676 bits per heavy atom. The van der Waals surface area contributed by atoms with Gasteiger partial charge in [0.1, 0.15) is 0 Å². The van der Waals surface area contributed by atoms with Gasteiger partial charge in [-0.3, -0.25) is 4.57 Å². The minimum Gasteiger partial charge on any atom is -0.278 e. The first-order chi connectivity index (χ1) is 34.9. The molecule has 0 bridgehead atoms. The maximum atomic E-state index is 9.24. The van der Waals surface area contributed by atoms with Crippen LogP contribution in [0.25, 0.3) is 139 Å². The summed E-state index contributed by atoms with van der Waals surface area (Å²) in [7, 11) is 0. The second-order valence-corrected chi connectivity index (χ2v) is 17.8. The van der Waals surface area contributed by atoms with E-state index in [1.807, 2.05) is 24.4 Å². The highest BCUT2D eigenvalue weighted by molar-refractivity contribution is 6.10. The maximum Gasteiger partial charge on any atom is 0.235 e. The van der Waals surface area contributed by atoms with Crippen LogP contribution in [0.2, 0.25) is 0 Å². The Labute approximate surface area is 399 Å². The van der Waals surface area contributed by atoms with Crippen molar-refractivity contribution in [3.63, 3.8) is 0 Å². The molecule has 10 aromatic carbocycles. The van der Waals surface area contributed by atoms with Crippen LogP contribution in [-0.4, -0.2) is 14.5 Å². The van der Waals surface area contributed by atoms with E-state index in [0.29, 0.717) is 22.6 Å². The van der Waals surface area contributed by atoms with E-state index < -0.39 is 6.85 Å². The van der Waals surface area contributed by atoms with Gasteiger partial charge < -0.3 is 0 Å². The SMILES string of the molecule is [2H]C([2H])([2H])c1c(-c2ccc3c(c2)-c2ccccc2-c2ccccc2-c2ccccc2-3)cccc1-c1ccc2c(c1)-c1ccccc1-c1ccccc1-c1nc(-n3c4ccccc4c4ccccc43)ncc1-2. The van der Waals surface area contributed by atoms with Gasteiger partial charge in [-0.15, -0.1) is 0 Å². The molecule has 2 aliphatic rings. The second kappa shape index (κ2) is 15.1. The number of hydrogen-bond donors (Lipinski definition) is 0. The number of hydrogen-bond acceptors (Lipinski definition) is 2. The molecule has 0 saturated carbocycles. The van der Waals surface area contributed by atoms with Crippen molar-refractivity contribution in [2.75, 3.05) is 0 Å². The van der Waals surface area contributed by atoms with Crippen molar-refractivity contribution in [1.29, 1.82) is 0 Å². The summed E-state index contributed by atoms with van der Waals surface area (Å²) in [6.45, 7) is -2.45. The van der Waals surface area contributed by atoms with Crippen molar-refractivity contribution in [1.82, 2.24) is 14.5 Å². The van der Waals surface area contributed by atoms with E-state index in [0.717, 1.165) is 105 Å². The van der Waals surface area contributed by atoms with Crippen molar-refractivity contribution in [3.05, 3.63) is 236 Å². The summed E-state index contributed by atoms with van der Waals surface area (Å²) in [6, 6.07) is 78.3. The third-order valence-corrected chi connectivity index (χ3v) is 14.2. The summed E-state index contributed by atoms with van der Waals surface area (Å²) in [5.41, 5.74) is 22.3. The lowest BCUT2D eigenvalue weighted by atomic mass is 9.79. The van der Waals surface area contributed by atoms with Gasteiger partial charge in [0.05, 0.1) is 16.7 Å². The molecule has 2 heterocycles. The average molecular weight is 867 g/mol. The van der Waals surface area contributed by atoms with Crippen LogP contribution in [0.3, 0.4) is 0 Å². The number of para-hydroxylation sites is 2. The number of aromatic nitrogens is 3. The summed E-state index contributed by atoms with van der Waals surface area (Å²) in [5, 5.41) is 2.29. The van der Waals surface area contributed by atoms with Gasteiger partial charge in [-0.05, 0) is 131 Å². The third-order valence-electron chi connectivity index (χ3n) is 14.2. The van der Waals surface area contributed by atoms with Crippen molar-refractivity contribution >= 4 is 21.8 Å². The predicted octanol–water partition coefficient (Wildman–Crippen LogP) is 17.2. The van der Waals surface area contributed by atoms with Gasteiger partial charge in [0.2, 0.25) is 5.95 Å². The third kappa shape index (κ3) is 5.72. The monoisotopic (exact) mass is 866 g/mol. The molecule has 0 saturated heterocycles. The Hall–Kier alpha value is -8.92. The minimum absolute atomic E-state index is 0.314. The summed E-state index contributed by atoms with van der Waals surface area (Å²) >= 11 is 0. The van der Waals surface area contributed by atoms with Crippen LogP contribution in [0.5, 0.6) is 0 Å². The van der Waals surface area contributed by atoms with Crippen molar-refractivity contribution in [2.24, 2.45) is 0 Å². The van der Waals surface area contributed by atoms with Gasteiger partial charge in [-0.1, -0.05) is 200 Å². The number of fused-ring (bicyclic) bond motifs is 19. The Balaban J connectivity index is 0.970. The van der Waals surface area contributed by atoms with Crippen LogP contribution < -0.4 is 0 Å². The van der Waals surface area contributed by atoms with Gasteiger partial charge in [0.25, 0.3) is 0 Å². The van der Waals surface area contributed by atoms with E-state index in [9.17, 15) is 4.11 Å². The van der Waals surface area contributed by atoms with Crippen molar-refractivity contribution in [3.8, 4) is 117 Å². The molecule has 2 aromatic heterocycles. The number of benzene rings is 10. The van der Waals surface area contributed by atoms with E-state index >= 15 is 0 Å². The van der Waals surface area contributed by atoms with Crippen molar-refractivity contribution < 1.29 is 4.11 Å². The highest BCUT2D eigenvalue weighted by Crippen LogP contribution is 2.51. The van der Waals surface area contributed by atoms with Crippen LogP contribution >= 0.6 is 0 Å². The van der Waals surface area contributed by atoms with Gasteiger partial charge in [-0.2, -0.15) is 0 Å². The van der Waals surface area contributed by atoms with Gasteiger partial charge in [0.15, 0.2) is 0 Å². The predicted molar refractivity (Wildman–Crippen MR) is 283 cm³/mol. The van der Waals surface area contributed by atoms with E-state index in [-0.39, 0.29) is 0 Å². The molecule has 0 amide bonds.